The van der Waals surface area contributed by atoms with Crippen LogP contribution in [0.3, 0.4) is 0 Å². The first-order valence-corrected chi connectivity index (χ1v) is 9.51. The molecule has 0 spiro atoms. The molecule has 0 unspecified atom stereocenters. The summed E-state index contributed by atoms with van der Waals surface area (Å²) in [5, 5.41) is 11.1. The zero-order valence-corrected chi connectivity index (χ0v) is 15.9. The first-order chi connectivity index (χ1) is 12.6. The Labute approximate surface area is 155 Å². The minimum Gasteiger partial charge on any atom is -0.493 e. The summed E-state index contributed by atoms with van der Waals surface area (Å²) in [7, 11) is 3.21. The molecule has 6 heteroatoms. The fourth-order valence-electron chi connectivity index (χ4n) is 4.13. The highest BCUT2D eigenvalue weighted by molar-refractivity contribution is 5.86. The molecule has 2 saturated heterocycles. The maximum Gasteiger partial charge on any atom is 0.256 e. The van der Waals surface area contributed by atoms with Crippen molar-refractivity contribution in [1.82, 2.24) is 9.80 Å². The maximum atomic E-state index is 13.1. The van der Waals surface area contributed by atoms with Gasteiger partial charge in [0.1, 0.15) is 0 Å². The van der Waals surface area contributed by atoms with Crippen LogP contribution in [0.25, 0.3) is 0 Å². The van der Waals surface area contributed by atoms with E-state index in [-0.39, 0.29) is 5.91 Å². The van der Waals surface area contributed by atoms with E-state index in [1.165, 1.54) is 6.42 Å². The summed E-state index contributed by atoms with van der Waals surface area (Å²) >= 11 is 0. The lowest BCUT2D eigenvalue weighted by molar-refractivity contribution is -0.160. The maximum absolute atomic E-state index is 13.1. The van der Waals surface area contributed by atoms with Gasteiger partial charge in [-0.2, -0.15) is 0 Å². The molecular weight excluding hydrogens is 332 g/mol. The number of β-amino-alcohol motifs (C(OH)–C–C–N with tert-alkyl or cyclic N) is 1. The highest BCUT2D eigenvalue weighted by Gasteiger charge is 2.43. The van der Waals surface area contributed by atoms with Gasteiger partial charge in [0.2, 0.25) is 0 Å². The quantitative estimate of drug-likeness (QED) is 0.839. The van der Waals surface area contributed by atoms with Crippen LogP contribution in [-0.4, -0.2) is 66.8 Å². The van der Waals surface area contributed by atoms with Crippen LogP contribution in [0.15, 0.2) is 18.2 Å². The standard InChI is InChI=1S/C20H30N2O4/c1-25-17-9-6-8-16(18(17)26-2)14-22-13-7-10-20(24,19(22)23)15-21-11-4-3-5-12-21/h6,8-9,24H,3-5,7,10-15H2,1-2H3/t20-/m1/s1. The molecule has 2 aliphatic heterocycles. The number of rotatable bonds is 6. The van der Waals surface area contributed by atoms with Gasteiger partial charge in [-0.3, -0.25) is 9.69 Å². The van der Waals surface area contributed by atoms with Gasteiger partial charge in [0.05, 0.1) is 14.2 Å². The lowest BCUT2D eigenvalue weighted by atomic mass is 9.90. The Morgan fingerprint density at radius 2 is 1.85 bits per heavy atom. The van der Waals surface area contributed by atoms with Crippen LogP contribution >= 0.6 is 0 Å². The molecule has 1 aromatic carbocycles. The number of amides is 1. The van der Waals surface area contributed by atoms with Gasteiger partial charge >= 0.3 is 0 Å². The van der Waals surface area contributed by atoms with E-state index in [2.05, 4.69) is 4.90 Å². The average molecular weight is 362 g/mol. The number of ether oxygens (including phenoxy) is 2. The minimum atomic E-state index is -1.28. The summed E-state index contributed by atoms with van der Waals surface area (Å²) in [5.74, 6) is 1.13. The van der Waals surface area contributed by atoms with Crippen molar-refractivity contribution in [3.63, 3.8) is 0 Å². The van der Waals surface area contributed by atoms with Gasteiger partial charge in [-0.25, -0.2) is 0 Å². The molecule has 2 fully saturated rings. The molecule has 2 heterocycles. The van der Waals surface area contributed by atoms with Crippen LogP contribution in [0.4, 0.5) is 0 Å². The average Bonchev–Trinajstić information content (AvgIpc) is 2.66. The van der Waals surface area contributed by atoms with Crippen molar-refractivity contribution in [3.8, 4) is 11.5 Å². The van der Waals surface area contributed by atoms with Crippen molar-refractivity contribution < 1.29 is 19.4 Å². The van der Waals surface area contributed by atoms with Gasteiger partial charge in [-0.1, -0.05) is 18.6 Å². The number of para-hydroxylation sites is 1. The van der Waals surface area contributed by atoms with Crippen molar-refractivity contribution in [2.75, 3.05) is 40.4 Å². The minimum absolute atomic E-state index is 0.167. The lowest BCUT2D eigenvalue weighted by Crippen LogP contribution is -2.58. The number of aliphatic hydroxyl groups is 1. The molecule has 1 N–H and O–H groups in total. The molecule has 1 atom stereocenters. The van der Waals surface area contributed by atoms with E-state index in [0.717, 1.165) is 37.9 Å². The second kappa shape index (κ2) is 8.27. The zero-order valence-electron chi connectivity index (χ0n) is 15.9. The predicted octanol–water partition coefficient (Wildman–Crippen LogP) is 2.04. The van der Waals surface area contributed by atoms with Crippen molar-refractivity contribution in [1.29, 1.82) is 0 Å². The van der Waals surface area contributed by atoms with Gasteiger partial charge in [-0.15, -0.1) is 0 Å². The molecule has 1 aromatic rings. The Morgan fingerprint density at radius 3 is 2.54 bits per heavy atom. The molecule has 26 heavy (non-hydrogen) atoms. The summed E-state index contributed by atoms with van der Waals surface area (Å²) in [5.41, 5.74) is -0.385. The number of likely N-dealkylation sites (tertiary alicyclic amines) is 2. The molecule has 2 aliphatic rings. The van der Waals surface area contributed by atoms with Crippen LogP contribution < -0.4 is 9.47 Å². The molecule has 6 nitrogen and oxygen atoms in total. The third kappa shape index (κ3) is 3.96. The first-order valence-electron chi connectivity index (χ1n) is 9.51. The summed E-state index contributed by atoms with van der Waals surface area (Å²) in [4.78, 5) is 17.0. The largest absolute Gasteiger partial charge is 0.493 e. The summed E-state index contributed by atoms with van der Waals surface area (Å²) in [6.45, 7) is 3.46. The molecule has 144 valence electrons. The van der Waals surface area contributed by atoms with Crippen molar-refractivity contribution >= 4 is 5.91 Å². The Hall–Kier alpha value is -1.79. The van der Waals surface area contributed by atoms with Crippen molar-refractivity contribution in [2.24, 2.45) is 0 Å². The highest BCUT2D eigenvalue weighted by Crippen LogP contribution is 2.33. The molecule has 3 rings (SSSR count). The van der Waals surface area contributed by atoms with E-state index in [9.17, 15) is 9.90 Å². The van der Waals surface area contributed by atoms with E-state index in [1.807, 2.05) is 18.2 Å². The number of hydrogen-bond donors (Lipinski definition) is 1. The normalized spacial score (nSPS) is 24.6. The fraction of sp³-hybridized carbons (Fsp3) is 0.650. The van der Waals surface area contributed by atoms with E-state index in [4.69, 9.17) is 9.47 Å². The number of carbonyl (C=O) groups is 1. The molecule has 0 saturated carbocycles. The third-order valence-electron chi connectivity index (χ3n) is 5.48. The van der Waals surface area contributed by atoms with Crippen LogP contribution in [-0.2, 0) is 11.3 Å². The SMILES string of the molecule is COc1cccc(CN2CCC[C@@](O)(CN3CCCCC3)C2=O)c1OC. The number of hydrogen-bond acceptors (Lipinski definition) is 5. The van der Waals surface area contributed by atoms with Crippen LogP contribution in [0, 0.1) is 0 Å². The zero-order chi connectivity index (χ0) is 18.6. The Bertz CT molecular complexity index is 630. The van der Waals surface area contributed by atoms with Gasteiger partial charge in [0.25, 0.3) is 5.91 Å². The number of benzene rings is 1. The van der Waals surface area contributed by atoms with Gasteiger partial charge in [-0.05, 0) is 44.8 Å². The molecule has 0 aromatic heterocycles. The Balaban J connectivity index is 1.73. The van der Waals surface area contributed by atoms with Gasteiger partial charge < -0.3 is 19.5 Å². The van der Waals surface area contributed by atoms with E-state index in [0.29, 0.717) is 37.6 Å². The number of nitrogens with zero attached hydrogens (tertiary/aromatic N) is 2. The number of methoxy groups -OCH3 is 2. The van der Waals surface area contributed by atoms with E-state index < -0.39 is 5.60 Å². The number of piperidine rings is 2. The smallest absolute Gasteiger partial charge is 0.256 e. The topological polar surface area (TPSA) is 62.2 Å². The molecule has 0 aliphatic carbocycles. The van der Waals surface area contributed by atoms with Crippen LogP contribution in [0.2, 0.25) is 0 Å². The fourth-order valence-corrected chi connectivity index (χ4v) is 4.13. The molecule has 1 amide bonds. The molecular formula is C20H30N2O4. The van der Waals surface area contributed by atoms with E-state index in [1.54, 1.807) is 19.1 Å². The van der Waals surface area contributed by atoms with Crippen LogP contribution in [0.5, 0.6) is 11.5 Å². The monoisotopic (exact) mass is 362 g/mol. The lowest BCUT2D eigenvalue weighted by Gasteiger charge is -2.41. The second-order valence-electron chi connectivity index (χ2n) is 7.35. The van der Waals surface area contributed by atoms with Gasteiger partial charge in [0, 0.05) is 25.2 Å². The third-order valence-corrected chi connectivity index (χ3v) is 5.48. The predicted molar refractivity (Wildman–Crippen MR) is 99.4 cm³/mol. The molecule has 0 bridgehead atoms. The van der Waals surface area contributed by atoms with Gasteiger partial charge in [0.15, 0.2) is 17.1 Å². The van der Waals surface area contributed by atoms with Crippen molar-refractivity contribution in [3.05, 3.63) is 23.8 Å². The Kier molecular flexibility index (Phi) is 6.04. The second-order valence-corrected chi connectivity index (χ2v) is 7.35. The summed E-state index contributed by atoms with van der Waals surface area (Å²) < 4.78 is 10.8. The van der Waals surface area contributed by atoms with E-state index >= 15 is 0 Å². The summed E-state index contributed by atoms with van der Waals surface area (Å²) in [6.07, 6.45) is 4.88. The molecule has 0 radical (unpaired) electrons. The van der Waals surface area contributed by atoms with Crippen LogP contribution in [0.1, 0.15) is 37.7 Å². The first kappa shape index (κ1) is 19.0. The Morgan fingerprint density at radius 1 is 1.08 bits per heavy atom. The number of carbonyl (C=O) groups excluding carboxylic acids is 1. The summed E-state index contributed by atoms with van der Waals surface area (Å²) in [6, 6.07) is 5.67. The van der Waals surface area contributed by atoms with Crippen molar-refractivity contribution in [2.45, 2.75) is 44.2 Å². The highest BCUT2D eigenvalue weighted by atomic mass is 16.5.